The first-order valence-corrected chi connectivity index (χ1v) is 7.67. The van der Waals surface area contributed by atoms with Crippen LogP contribution in [-0.4, -0.2) is 9.67 Å². The smallest absolute Gasteiger partial charge is 0.255 e. The molecule has 1 N–H and O–H groups in total. The Labute approximate surface area is 137 Å². The van der Waals surface area contributed by atoms with E-state index in [1.54, 1.807) is 6.92 Å². The Morgan fingerprint density at radius 2 is 2.05 bits per heavy atom. The van der Waals surface area contributed by atoms with Gasteiger partial charge in [-0.15, -0.1) is 6.42 Å². The van der Waals surface area contributed by atoms with Gasteiger partial charge in [0.15, 0.2) is 0 Å². The van der Waals surface area contributed by atoms with E-state index in [-0.39, 0.29) is 12.1 Å². The molecule has 0 saturated heterocycles. The lowest BCUT2D eigenvalue weighted by Gasteiger charge is -2.16. The summed E-state index contributed by atoms with van der Waals surface area (Å²) in [6.45, 7) is 1.97. The van der Waals surface area contributed by atoms with Crippen molar-refractivity contribution >= 4 is 22.6 Å². The number of nitrogens with zero attached hydrogens (tertiary/aromatic N) is 1. The summed E-state index contributed by atoms with van der Waals surface area (Å²) in [6.07, 6.45) is 5.07. The van der Waals surface area contributed by atoms with Gasteiger partial charge in [0.1, 0.15) is 0 Å². The number of hydrogen-bond donors (Lipinski definition) is 1. The van der Waals surface area contributed by atoms with Crippen LogP contribution >= 0.6 is 22.6 Å². The molecule has 1 atom stereocenters. The Hall–Kier alpha value is -1.58. The molecule has 0 spiro atoms. The van der Waals surface area contributed by atoms with Gasteiger partial charge >= 0.3 is 0 Å². The lowest BCUT2D eigenvalue weighted by atomic mass is 9.99. The normalized spacial score (nSPS) is 11.9. The van der Waals surface area contributed by atoms with E-state index in [1.807, 2.05) is 36.4 Å². The molecule has 3 nitrogen and oxygen atoms in total. The average Bonchev–Trinajstić information content (AvgIpc) is 2.48. The van der Waals surface area contributed by atoms with Crippen molar-refractivity contribution < 1.29 is 5.11 Å². The number of rotatable bonds is 4. The summed E-state index contributed by atoms with van der Waals surface area (Å²) in [6, 6.07) is 11.6. The van der Waals surface area contributed by atoms with Crippen molar-refractivity contribution in [2.24, 2.45) is 0 Å². The Kier molecular flexibility index (Phi) is 5.21. The van der Waals surface area contributed by atoms with Crippen molar-refractivity contribution in [2.45, 2.75) is 26.0 Å². The topological polar surface area (TPSA) is 42.2 Å². The van der Waals surface area contributed by atoms with Crippen molar-refractivity contribution in [1.29, 1.82) is 0 Å². The maximum Gasteiger partial charge on any atom is 0.255 e. The molecular weight excluding hydrogens is 377 g/mol. The first-order valence-electron chi connectivity index (χ1n) is 6.60. The van der Waals surface area contributed by atoms with Crippen molar-refractivity contribution in [3.8, 4) is 12.3 Å². The quantitative estimate of drug-likeness (QED) is 0.493. The van der Waals surface area contributed by atoms with Gasteiger partial charge < -0.3 is 5.11 Å². The van der Waals surface area contributed by atoms with Crippen LogP contribution in [0.25, 0.3) is 0 Å². The summed E-state index contributed by atoms with van der Waals surface area (Å²) in [5, 5.41) is 10.4. The summed E-state index contributed by atoms with van der Waals surface area (Å²) in [4.78, 5) is 12.3. The van der Waals surface area contributed by atoms with E-state index in [1.165, 1.54) is 4.57 Å². The molecule has 21 heavy (non-hydrogen) atoms. The van der Waals surface area contributed by atoms with E-state index in [9.17, 15) is 9.90 Å². The van der Waals surface area contributed by atoms with Crippen LogP contribution in [0, 0.1) is 23.0 Å². The van der Waals surface area contributed by atoms with Gasteiger partial charge in [-0.2, -0.15) is 0 Å². The Bertz CT molecular complexity index is 729. The summed E-state index contributed by atoms with van der Waals surface area (Å²) in [7, 11) is 0. The monoisotopic (exact) mass is 393 g/mol. The Morgan fingerprint density at radius 1 is 1.38 bits per heavy atom. The second-order valence-corrected chi connectivity index (χ2v) is 5.95. The van der Waals surface area contributed by atoms with Gasteiger partial charge in [-0.05, 0) is 46.7 Å². The zero-order chi connectivity index (χ0) is 15.4. The van der Waals surface area contributed by atoms with Crippen LogP contribution in [0.2, 0.25) is 0 Å². The zero-order valence-corrected chi connectivity index (χ0v) is 13.9. The summed E-state index contributed by atoms with van der Waals surface area (Å²) >= 11 is 2.07. The molecular formula is C17H16INO2. The largest absolute Gasteiger partial charge is 0.388 e. The van der Waals surface area contributed by atoms with Crippen LogP contribution in [0.1, 0.15) is 22.8 Å². The minimum absolute atomic E-state index is 0.137. The lowest BCUT2D eigenvalue weighted by Crippen LogP contribution is -2.26. The molecule has 108 valence electrons. The number of pyridine rings is 1. The maximum absolute atomic E-state index is 12.3. The van der Waals surface area contributed by atoms with E-state index in [0.29, 0.717) is 17.5 Å². The Morgan fingerprint density at radius 3 is 2.67 bits per heavy atom. The highest BCUT2D eigenvalue weighted by Gasteiger charge is 2.16. The molecule has 0 bridgehead atoms. The van der Waals surface area contributed by atoms with Crippen LogP contribution in [0.3, 0.4) is 0 Å². The molecule has 0 aliphatic rings. The summed E-state index contributed by atoms with van der Waals surface area (Å²) in [5.41, 5.74) is 2.12. The number of benzene rings is 1. The van der Waals surface area contributed by atoms with Gasteiger partial charge in [0.05, 0.1) is 16.3 Å². The van der Waals surface area contributed by atoms with Gasteiger partial charge in [-0.3, -0.25) is 9.36 Å². The molecule has 1 aromatic heterocycles. The van der Waals surface area contributed by atoms with Crippen LogP contribution in [0.4, 0.5) is 0 Å². The SMILES string of the molecule is C#CCn1c(I)cc(C(O)Cc2ccccc2)c(C)c1=O. The third-order valence-corrected chi connectivity index (χ3v) is 4.31. The standard InChI is InChI=1S/C17H16INO2/c1-3-9-19-16(18)11-14(12(2)17(19)21)15(20)10-13-7-5-4-6-8-13/h1,4-8,11,15,20H,9-10H2,2H3. The fraction of sp³-hybridized carbons (Fsp3) is 0.235. The number of aromatic nitrogens is 1. The van der Waals surface area contributed by atoms with Gasteiger partial charge in [0.25, 0.3) is 5.56 Å². The minimum Gasteiger partial charge on any atom is -0.388 e. The number of halogens is 1. The molecule has 0 amide bonds. The third-order valence-electron chi connectivity index (χ3n) is 3.41. The van der Waals surface area contributed by atoms with Crippen LogP contribution < -0.4 is 5.56 Å². The molecule has 0 radical (unpaired) electrons. The molecule has 0 aliphatic carbocycles. The molecule has 0 fully saturated rings. The molecule has 1 unspecified atom stereocenters. The lowest BCUT2D eigenvalue weighted by molar-refractivity contribution is 0.177. The van der Waals surface area contributed by atoms with E-state index >= 15 is 0 Å². The van der Waals surface area contributed by atoms with Gasteiger partial charge in [0.2, 0.25) is 0 Å². The maximum atomic E-state index is 12.3. The molecule has 2 aromatic rings. The predicted molar refractivity (Wildman–Crippen MR) is 92.1 cm³/mol. The van der Waals surface area contributed by atoms with E-state index < -0.39 is 6.10 Å². The fourth-order valence-electron chi connectivity index (χ4n) is 2.27. The second kappa shape index (κ2) is 6.92. The molecule has 0 aliphatic heterocycles. The highest BCUT2D eigenvalue weighted by atomic mass is 127. The van der Waals surface area contributed by atoms with E-state index in [2.05, 4.69) is 28.5 Å². The first kappa shape index (κ1) is 15.8. The number of terminal acetylenes is 1. The average molecular weight is 393 g/mol. The van der Waals surface area contributed by atoms with E-state index in [0.717, 1.165) is 9.26 Å². The van der Waals surface area contributed by atoms with Crippen molar-refractivity contribution in [3.63, 3.8) is 0 Å². The molecule has 1 aromatic carbocycles. The van der Waals surface area contributed by atoms with Crippen molar-refractivity contribution in [1.82, 2.24) is 4.57 Å². The van der Waals surface area contributed by atoms with Crippen LogP contribution in [0.15, 0.2) is 41.2 Å². The van der Waals surface area contributed by atoms with Crippen molar-refractivity contribution in [2.75, 3.05) is 0 Å². The number of aliphatic hydroxyl groups is 1. The Balaban J connectivity index is 2.37. The van der Waals surface area contributed by atoms with Crippen molar-refractivity contribution in [3.05, 3.63) is 67.1 Å². The van der Waals surface area contributed by atoms with Gasteiger partial charge in [-0.25, -0.2) is 0 Å². The fourth-order valence-corrected chi connectivity index (χ4v) is 2.99. The third kappa shape index (κ3) is 3.55. The highest BCUT2D eigenvalue weighted by Crippen LogP contribution is 2.21. The highest BCUT2D eigenvalue weighted by molar-refractivity contribution is 14.1. The number of hydrogen-bond acceptors (Lipinski definition) is 2. The zero-order valence-electron chi connectivity index (χ0n) is 11.7. The summed E-state index contributed by atoms with van der Waals surface area (Å²) in [5.74, 6) is 2.48. The molecule has 2 rings (SSSR count). The first-order chi connectivity index (χ1) is 10.0. The van der Waals surface area contributed by atoms with Gasteiger partial charge in [0, 0.05) is 12.0 Å². The summed E-state index contributed by atoms with van der Waals surface area (Å²) < 4.78 is 2.28. The second-order valence-electron chi connectivity index (χ2n) is 4.85. The van der Waals surface area contributed by atoms with E-state index in [4.69, 9.17) is 6.42 Å². The molecule has 1 heterocycles. The van der Waals surface area contributed by atoms with Crippen LogP contribution in [0.5, 0.6) is 0 Å². The number of aliphatic hydroxyl groups excluding tert-OH is 1. The predicted octanol–water partition coefficient (Wildman–Crippen LogP) is 2.67. The molecule has 0 saturated carbocycles. The molecule has 4 heteroatoms. The van der Waals surface area contributed by atoms with Crippen LogP contribution in [-0.2, 0) is 13.0 Å². The minimum atomic E-state index is -0.700. The van der Waals surface area contributed by atoms with Gasteiger partial charge in [-0.1, -0.05) is 36.3 Å².